The van der Waals surface area contributed by atoms with Crippen LogP contribution in [-0.2, 0) is 0 Å². The molecule has 1 aromatic heterocycles. The first-order valence-corrected chi connectivity index (χ1v) is 4.42. The Hall–Kier alpha value is -1.32. The summed E-state index contributed by atoms with van der Waals surface area (Å²) in [6.07, 6.45) is 3.56. The van der Waals surface area contributed by atoms with Gasteiger partial charge in [-0.3, -0.25) is 4.79 Å². The molecule has 1 aromatic rings. The molecule has 0 atom stereocenters. The van der Waals surface area contributed by atoms with Gasteiger partial charge in [0, 0.05) is 19.7 Å². The van der Waals surface area contributed by atoms with Crippen LogP contribution >= 0.6 is 0 Å². The molecule has 1 heterocycles. The van der Waals surface area contributed by atoms with Crippen molar-refractivity contribution in [3.63, 3.8) is 0 Å². The maximum absolute atomic E-state index is 11.5. The number of hydrogen-bond donors (Lipinski definition) is 0. The zero-order chi connectivity index (χ0) is 9.68. The minimum absolute atomic E-state index is 0.106. The number of carbonyl (C=O) groups excluding carboxylic acids is 1. The fourth-order valence-corrected chi connectivity index (χ4v) is 1.01. The van der Waals surface area contributed by atoms with Gasteiger partial charge in [0.25, 0.3) is 5.91 Å². The van der Waals surface area contributed by atoms with E-state index in [2.05, 4.69) is 12.1 Å². The maximum atomic E-state index is 11.5. The molecule has 1 rings (SSSR count). The summed E-state index contributed by atoms with van der Waals surface area (Å²) >= 11 is 0. The topological polar surface area (TPSA) is 46.3 Å². The van der Waals surface area contributed by atoms with E-state index in [9.17, 15) is 4.79 Å². The van der Waals surface area contributed by atoms with Crippen LogP contribution in [0.1, 0.15) is 30.3 Å². The van der Waals surface area contributed by atoms with Crippen LogP contribution in [0.15, 0.2) is 16.8 Å². The van der Waals surface area contributed by atoms with Crippen molar-refractivity contribution < 1.29 is 9.32 Å². The van der Waals surface area contributed by atoms with Crippen molar-refractivity contribution in [2.75, 3.05) is 13.6 Å². The van der Waals surface area contributed by atoms with Gasteiger partial charge in [0.1, 0.15) is 0 Å². The average Bonchev–Trinajstić information content (AvgIpc) is 2.65. The highest BCUT2D eigenvalue weighted by atomic mass is 16.5. The molecule has 0 saturated carbocycles. The summed E-state index contributed by atoms with van der Waals surface area (Å²) in [4.78, 5) is 13.1. The number of hydrogen-bond acceptors (Lipinski definition) is 3. The van der Waals surface area contributed by atoms with Crippen molar-refractivity contribution in [1.29, 1.82) is 0 Å². The zero-order valence-corrected chi connectivity index (χ0v) is 7.99. The molecule has 0 unspecified atom stereocenters. The van der Waals surface area contributed by atoms with Crippen molar-refractivity contribution in [2.45, 2.75) is 19.8 Å². The van der Waals surface area contributed by atoms with Gasteiger partial charge in [0.2, 0.25) is 5.76 Å². The first-order valence-electron chi connectivity index (χ1n) is 4.42. The highest BCUT2D eigenvalue weighted by Gasteiger charge is 2.13. The first kappa shape index (κ1) is 9.77. The van der Waals surface area contributed by atoms with Gasteiger partial charge < -0.3 is 9.42 Å². The lowest BCUT2D eigenvalue weighted by Gasteiger charge is -2.13. The van der Waals surface area contributed by atoms with Crippen LogP contribution in [-0.4, -0.2) is 29.6 Å². The standard InChI is InChI=1S/C9H14N2O2/c1-3-4-7-11(2)9(12)8-5-6-10-13-8/h5-6H,3-4,7H2,1-2H3. The van der Waals surface area contributed by atoms with Crippen LogP contribution in [0.5, 0.6) is 0 Å². The van der Waals surface area contributed by atoms with E-state index in [1.165, 1.54) is 6.20 Å². The molecule has 0 aromatic carbocycles. The monoisotopic (exact) mass is 182 g/mol. The molecule has 0 radical (unpaired) electrons. The lowest BCUT2D eigenvalue weighted by molar-refractivity contribution is 0.0752. The van der Waals surface area contributed by atoms with Crippen LogP contribution in [0.25, 0.3) is 0 Å². The molecule has 0 saturated heterocycles. The molecule has 0 bridgehead atoms. The molecule has 0 aliphatic carbocycles. The number of rotatable bonds is 4. The minimum Gasteiger partial charge on any atom is -0.351 e. The predicted molar refractivity (Wildman–Crippen MR) is 48.4 cm³/mol. The van der Waals surface area contributed by atoms with Crippen molar-refractivity contribution in [2.24, 2.45) is 0 Å². The third-order valence-corrected chi connectivity index (χ3v) is 1.84. The number of carbonyl (C=O) groups is 1. The third-order valence-electron chi connectivity index (χ3n) is 1.84. The highest BCUT2D eigenvalue weighted by Crippen LogP contribution is 2.02. The molecular weight excluding hydrogens is 168 g/mol. The second kappa shape index (κ2) is 4.64. The number of amides is 1. The van der Waals surface area contributed by atoms with Gasteiger partial charge in [0.15, 0.2) is 0 Å². The molecule has 0 aliphatic heterocycles. The number of nitrogens with zero attached hydrogens (tertiary/aromatic N) is 2. The summed E-state index contributed by atoms with van der Waals surface area (Å²) in [5.41, 5.74) is 0. The van der Waals surface area contributed by atoms with Crippen LogP contribution in [0.4, 0.5) is 0 Å². The second-order valence-electron chi connectivity index (χ2n) is 2.96. The molecule has 4 heteroatoms. The highest BCUT2D eigenvalue weighted by molar-refractivity contribution is 5.90. The third kappa shape index (κ3) is 2.57. The van der Waals surface area contributed by atoms with Gasteiger partial charge in [-0.25, -0.2) is 0 Å². The molecular formula is C9H14N2O2. The van der Waals surface area contributed by atoms with E-state index in [-0.39, 0.29) is 5.91 Å². The Morgan fingerprint density at radius 2 is 2.46 bits per heavy atom. The lowest BCUT2D eigenvalue weighted by Crippen LogP contribution is -2.27. The summed E-state index contributed by atoms with van der Waals surface area (Å²) in [6.45, 7) is 2.85. The van der Waals surface area contributed by atoms with E-state index >= 15 is 0 Å². The van der Waals surface area contributed by atoms with E-state index in [0.29, 0.717) is 5.76 Å². The van der Waals surface area contributed by atoms with Crippen LogP contribution < -0.4 is 0 Å². The Bertz CT molecular complexity index is 257. The Balaban J connectivity index is 2.48. The Morgan fingerprint density at radius 1 is 1.69 bits per heavy atom. The molecule has 0 aliphatic rings. The largest absolute Gasteiger partial charge is 0.351 e. The van der Waals surface area contributed by atoms with E-state index in [4.69, 9.17) is 4.52 Å². The van der Waals surface area contributed by atoms with Crippen LogP contribution in [0.3, 0.4) is 0 Å². The van der Waals surface area contributed by atoms with Gasteiger partial charge in [-0.05, 0) is 6.42 Å². The quantitative estimate of drug-likeness (QED) is 0.709. The summed E-state index contributed by atoms with van der Waals surface area (Å²) in [5, 5.41) is 3.48. The summed E-state index contributed by atoms with van der Waals surface area (Å²) in [7, 11) is 1.76. The Morgan fingerprint density at radius 3 is 3.00 bits per heavy atom. The predicted octanol–water partition coefficient (Wildman–Crippen LogP) is 1.55. The van der Waals surface area contributed by atoms with Gasteiger partial charge in [-0.2, -0.15) is 0 Å². The van der Waals surface area contributed by atoms with Crippen molar-refractivity contribution in [3.8, 4) is 0 Å². The van der Waals surface area contributed by atoms with Crippen molar-refractivity contribution in [1.82, 2.24) is 10.1 Å². The molecule has 0 N–H and O–H groups in total. The molecule has 0 spiro atoms. The maximum Gasteiger partial charge on any atom is 0.292 e. The number of unbranched alkanes of at least 4 members (excludes halogenated alkanes) is 1. The van der Waals surface area contributed by atoms with E-state index < -0.39 is 0 Å². The van der Waals surface area contributed by atoms with Crippen molar-refractivity contribution >= 4 is 5.91 Å². The fraction of sp³-hybridized carbons (Fsp3) is 0.556. The molecule has 1 amide bonds. The van der Waals surface area contributed by atoms with E-state index in [1.54, 1.807) is 18.0 Å². The van der Waals surface area contributed by atoms with Crippen LogP contribution in [0, 0.1) is 0 Å². The molecule has 13 heavy (non-hydrogen) atoms. The molecule has 0 fully saturated rings. The normalized spacial score (nSPS) is 10.0. The van der Waals surface area contributed by atoms with Gasteiger partial charge in [-0.15, -0.1) is 0 Å². The SMILES string of the molecule is CCCCN(C)C(=O)c1ccno1. The van der Waals surface area contributed by atoms with Crippen molar-refractivity contribution in [3.05, 3.63) is 18.0 Å². The Kier molecular flexibility index (Phi) is 3.49. The molecule has 72 valence electrons. The minimum atomic E-state index is -0.106. The van der Waals surface area contributed by atoms with Gasteiger partial charge >= 0.3 is 0 Å². The number of aromatic nitrogens is 1. The first-order chi connectivity index (χ1) is 6.25. The summed E-state index contributed by atoms with van der Waals surface area (Å²) in [5.74, 6) is 0.199. The smallest absolute Gasteiger partial charge is 0.292 e. The van der Waals surface area contributed by atoms with Crippen LogP contribution in [0.2, 0.25) is 0 Å². The average molecular weight is 182 g/mol. The lowest BCUT2D eigenvalue weighted by atomic mass is 10.3. The summed E-state index contributed by atoms with van der Waals surface area (Å²) < 4.78 is 4.76. The zero-order valence-electron chi connectivity index (χ0n) is 7.99. The summed E-state index contributed by atoms with van der Waals surface area (Å²) in [6, 6.07) is 1.57. The van der Waals surface area contributed by atoms with E-state index in [0.717, 1.165) is 19.4 Å². The van der Waals surface area contributed by atoms with E-state index in [1.807, 2.05) is 0 Å². The molecule has 4 nitrogen and oxygen atoms in total. The fourth-order valence-electron chi connectivity index (χ4n) is 1.01. The van der Waals surface area contributed by atoms with Gasteiger partial charge in [-0.1, -0.05) is 18.5 Å². The van der Waals surface area contributed by atoms with Gasteiger partial charge in [0.05, 0.1) is 6.20 Å². The second-order valence-corrected chi connectivity index (χ2v) is 2.96. The Labute approximate surface area is 77.5 Å².